The van der Waals surface area contributed by atoms with Gasteiger partial charge < -0.3 is 0 Å². The first-order valence-electron chi connectivity index (χ1n) is 9.53. The summed E-state index contributed by atoms with van der Waals surface area (Å²) >= 11 is 3.50. The molecule has 1 aliphatic rings. The maximum atomic E-state index is 13.1. The van der Waals surface area contributed by atoms with E-state index in [1.54, 1.807) is 30.3 Å². The molecule has 0 bridgehead atoms. The van der Waals surface area contributed by atoms with Crippen molar-refractivity contribution in [2.45, 2.75) is 37.6 Å². The van der Waals surface area contributed by atoms with Gasteiger partial charge in [-0.15, -0.1) is 0 Å². The third-order valence-corrected chi connectivity index (χ3v) is 7.38. The number of carbonyl (C=O) groups excluding carboxylic acids is 1. The Labute approximate surface area is 181 Å². The molecule has 0 amide bonds. The number of hydrogen-bond donors (Lipinski definition) is 0. The summed E-state index contributed by atoms with van der Waals surface area (Å²) in [6.07, 6.45) is 4.47. The summed E-state index contributed by atoms with van der Waals surface area (Å²) in [5.41, 5.74) is 2.87. The van der Waals surface area contributed by atoms with Crippen LogP contribution in [0.3, 0.4) is 0 Å². The normalized spacial score (nSPS) is 18.8. The molecule has 1 heterocycles. The van der Waals surface area contributed by atoms with Gasteiger partial charge in [0.1, 0.15) is 0 Å². The number of benzene rings is 2. The third-order valence-electron chi connectivity index (χ3n) is 5.03. The van der Waals surface area contributed by atoms with Gasteiger partial charge in [0, 0.05) is 6.54 Å². The van der Waals surface area contributed by atoms with Crippen molar-refractivity contribution in [1.29, 1.82) is 0 Å². The van der Waals surface area contributed by atoms with Crippen LogP contribution in [-0.4, -0.2) is 31.1 Å². The SMILES string of the molecule is CC(Br)=C(C=CC(=O)[C@@H]1CCCN1S(=O)(=O)c1ccc(C)cc1)c1ccccc1. The molecule has 0 aliphatic carbocycles. The van der Waals surface area contributed by atoms with Crippen molar-refractivity contribution in [2.75, 3.05) is 6.54 Å². The fraction of sp³-hybridized carbons (Fsp3) is 0.261. The Morgan fingerprint density at radius 1 is 1.07 bits per heavy atom. The molecule has 3 rings (SSSR count). The Kier molecular flexibility index (Phi) is 6.88. The molecule has 1 saturated heterocycles. The summed E-state index contributed by atoms with van der Waals surface area (Å²) in [7, 11) is -3.70. The summed E-state index contributed by atoms with van der Waals surface area (Å²) in [6, 6.07) is 15.8. The lowest BCUT2D eigenvalue weighted by atomic mass is 10.0. The van der Waals surface area contributed by atoms with E-state index in [4.69, 9.17) is 0 Å². The van der Waals surface area contributed by atoms with Crippen LogP contribution in [0.1, 0.15) is 30.9 Å². The minimum absolute atomic E-state index is 0.194. The van der Waals surface area contributed by atoms with Gasteiger partial charge in [0.2, 0.25) is 10.0 Å². The molecule has 0 radical (unpaired) electrons. The molecule has 0 spiro atoms. The van der Waals surface area contributed by atoms with Gasteiger partial charge in [-0.2, -0.15) is 4.31 Å². The Hall–Kier alpha value is -2.02. The molecule has 4 nitrogen and oxygen atoms in total. The molecular weight excluding hydrogens is 450 g/mol. The van der Waals surface area contributed by atoms with Crippen molar-refractivity contribution in [1.82, 2.24) is 4.31 Å². The Morgan fingerprint density at radius 3 is 2.34 bits per heavy atom. The number of sulfonamides is 1. The molecule has 0 unspecified atom stereocenters. The maximum absolute atomic E-state index is 13.1. The van der Waals surface area contributed by atoms with Crippen LogP contribution >= 0.6 is 15.9 Å². The predicted octanol–water partition coefficient (Wildman–Crippen LogP) is 5.10. The number of rotatable bonds is 6. The van der Waals surface area contributed by atoms with Crippen LogP contribution in [-0.2, 0) is 14.8 Å². The lowest BCUT2D eigenvalue weighted by Gasteiger charge is -2.22. The molecule has 1 aliphatic heterocycles. The van der Waals surface area contributed by atoms with Crippen molar-refractivity contribution in [3.05, 3.63) is 82.4 Å². The van der Waals surface area contributed by atoms with E-state index >= 15 is 0 Å². The van der Waals surface area contributed by atoms with E-state index in [1.807, 2.05) is 44.2 Å². The number of ketones is 1. The topological polar surface area (TPSA) is 54.5 Å². The summed E-state index contributed by atoms with van der Waals surface area (Å²) in [4.78, 5) is 13.1. The number of aryl methyl sites for hydroxylation is 1. The zero-order valence-corrected chi connectivity index (χ0v) is 18.9. The average molecular weight is 474 g/mol. The number of hydrogen-bond acceptors (Lipinski definition) is 3. The summed E-state index contributed by atoms with van der Waals surface area (Å²) in [6.45, 7) is 4.19. The number of allylic oxidation sites excluding steroid dienone is 3. The number of nitrogens with zero attached hydrogens (tertiary/aromatic N) is 1. The van der Waals surface area contributed by atoms with E-state index in [0.29, 0.717) is 19.4 Å². The highest BCUT2D eigenvalue weighted by Gasteiger charge is 2.38. The standard InChI is InChI=1S/C23H24BrNO3S/c1-17-10-12-20(13-11-17)29(27,28)25-16-6-9-22(25)23(26)15-14-21(18(2)24)19-7-4-3-5-8-19/h3-5,7-8,10-15,22H,6,9,16H2,1-2H3/t22-/m0/s1. The zero-order chi connectivity index (χ0) is 21.0. The highest BCUT2D eigenvalue weighted by atomic mass is 79.9. The van der Waals surface area contributed by atoms with Crippen LogP contribution < -0.4 is 0 Å². The monoisotopic (exact) mass is 473 g/mol. The van der Waals surface area contributed by atoms with E-state index in [1.165, 1.54) is 10.4 Å². The van der Waals surface area contributed by atoms with Gasteiger partial charge in [-0.3, -0.25) is 4.79 Å². The predicted molar refractivity (Wildman–Crippen MR) is 120 cm³/mol. The van der Waals surface area contributed by atoms with Crippen LogP contribution in [0.5, 0.6) is 0 Å². The molecule has 152 valence electrons. The van der Waals surface area contributed by atoms with Crippen LogP contribution in [0, 0.1) is 6.92 Å². The van der Waals surface area contributed by atoms with Gasteiger partial charge in [0.25, 0.3) is 0 Å². The van der Waals surface area contributed by atoms with Crippen molar-refractivity contribution >= 4 is 37.3 Å². The van der Waals surface area contributed by atoms with E-state index in [9.17, 15) is 13.2 Å². The Morgan fingerprint density at radius 2 is 1.72 bits per heavy atom. The number of halogens is 1. The molecule has 0 N–H and O–H groups in total. The van der Waals surface area contributed by atoms with E-state index in [2.05, 4.69) is 15.9 Å². The van der Waals surface area contributed by atoms with E-state index < -0.39 is 16.1 Å². The largest absolute Gasteiger partial charge is 0.293 e. The second kappa shape index (κ2) is 9.20. The van der Waals surface area contributed by atoms with Gasteiger partial charge in [0.05, 0.1) is 10.9 Å². The molecule has 1 atom stereocenters. The van der Waals surface area contributed by atoms with Crippen LogP contribution in [0.4, 0.5) is 0 Å². The molecule has 6 heteroatoms. The van der Waals surface area contributed by atoms with E-state index in [-0.39, 0.29) is 10.7 Å². The highest BCUT2D eigenvalue weighted by molar-refractivity contribution is 9.11. The molecule has 29 heavy (non-hydrogen) atoms. The second-order valence-corrected chi connectivity index (χ2v) is 10.2. The lowest BCUT2D eigenvalue weighted by Crippen LogP contribution is -2.39. The highest BCUT2D eigenvalue weighted by Crippen LogP contribution is 2.28. The van der Waals surface area contributed by atoms with Crippen LogP contribution in [0.2, 0.25) is 0 Å². The first kappa shape index (κ1) is 21.7. The minimum atomic E-state index is -3.70. The Bertz CT molecular complexity index is 1040. The van der Waals surface area contributed by atoms with Crippen molar-refractivity contribution in [3.63, 3.8) is 0 Å². The molecule has 0 saturated carbocycles. The Balaban J connectivity index is 1.84. The summed E-state index contributed by atoms with van der Waals surface area (Å²) in [5, 5.41) is 0. The average Bonchev–Trinajstić information content (AvgIpc) is 3.20. The van der Waals surface area contributed by atoms with E-state index in [0.717, 1.165) is 21.2 Å². The van der Waals surface area contributed by atoms with Crippen molar-refractivity contribution in [2.24, 2.45) is 0 Å². The van der Waals surface area contributed by atoms with Crippen molar-refractivity contribution < 1.29 is 13.2 Å². The van der Waals surface area contributed by atoms with Crippen molar-refractivity contribution in [3.8, 4) is 0 Å². The fourth-order valence-electron chi connectivity index (χ4n) is 3.46. The first-order chi connectivity index (χ1) is 13.8. The first-order valence-corrected chi connectivity index (χ1v) is 11.8. The van der Waals surface area contributed by atoms with Gasteiger partial charge in [-0.1, -0.05) is 64.0 Å². The van der Waals surface area contributed by atoms with Crippen LogP contribution in [0.15, 0.2) is 76.1 Å². The molecule has 0 aromatic heterocycles. The lowest BCUT2D eigenvalue weighted by molar-refractivity contribution is -0.117. The smallest absolute Gasteiger partial charge is 0.243 e. The number of carbonyl (C=O) groups is 1. The summed E-state index contributed by atoms with van der Waals surface area (Å²) in [5.74, 6) is -0.194. The molecule has 2 aromatic rings. The molecule has 1 fully saturated rings. The van der Waals surface area contributed by atoms with Gasteiger partial charge in [-0.05, 0) is 66.6 Å². The van der Waals surface area contributed by atoms with Gasteiger partial charge in [0.15, 0.2) is 5.78 Å². The summed E-state index contributed by atoms with van der Waals surface area (Å²) < 4.78 is 28.4. The quantitative estimate of drug-likeness (QED) is 0.433. The third kappa shape index (κ3) is 4.94. The van der Waals surface area contributed by atoms with Crippen LogP contribution in [0.25, 0.3) is 5.57 Å². The fourth-order valence-corrected chi connectivity index (χ4v) is 5.49. The second-order valence-electron chi connectivity index (χ2n) is 7.14. The maximum Gasteiger partial charge on any atom is 0.243 e. The molecule has 2 aromatic carbocycles. The zero-order valence-electron chi connectivity index (χ0n) is 16.5. The molecular formula is C23H24BrNO3S. The van der Waals surface area contributed by atoms with Gasteiger partial charge in [-0.25, -0.2) is 8.42 Å². The minimum Gasteiger partial charge on any atom is -0.293 e. The van der Waals surface area contributed by atoms with Gasteiger partial charge >= 0.3 is 0 Å².